The first-order valence-corrected chi connectivity index (χ1v) is 7.63. The summed E-state index contributed by atoms with van der Waals surface area (Å²) in [6.45, 7) is 7.02. The zero-order valence-corrected chi connectivity index (χ0v) is 12.4. The van der Waals surface area contributed by atoms with Gasteiger partial charge in [0.15, 0.2) is 5.78 Å². The quantitative estimate of drug-likeness (QED) is 0.738. The van der Waals surface area contributed by atoms with Gasteiger partial charge >= 0.3 is 0 Å². The Hall–Kier alpha value is -1.22. The lowest BCUT2D eigenvalue weighted by atomic mass is 9.98. The lowest BCUT2D eigenvalue weighted by Crippen LogP contribution is -2.30. The molecule has 1 saturated heterocycles. The van der Waals surface area contributed by atoms with Crippen LogP contribution in [0.5, 0.6) is 0 Å². The number of benzene rings is 1. The van der Waals surface area contributed by atoms with E-state index in [9.17, 15) is 9.18 Å². The van der Waals surface area contributed by atoms with E-state index in [4.69, 9.17) is 0 Å². The van der Waals surface area contributed by atoms with Crippen molar-refractivity contribution in [1.82, 2.24) is 4.90 Å². The van der Waals surface area contributed by atoms with E-state index in [2.05, 4.69) is 11.8 Å². The second-order valence-electron chi connectivity index (χ2n) is 5.95. The van der Waals surface area contributed by atoms with Gasteiger partial charge < -0.3 is 4.90 Å². The molecule has 0 radical (unpaired) electrons. The lowest BCUT2D eigenvalue weighted by molar-refractivity contribution is 0.0897. The van der Waals surface area contributed by atoms with Gasteiger partial charge in [-0.05, 0) is 37.4 Å². The molecule has 110 valence electrons. The summed E-state index contributed by atoms with van der Waals surface area (Å²) in [6.07, 6.45) is 3.73. The fourth-order valence-corrected chi connectivity index (χ4v) is 3.12. The summed E-state index contributed by atoms with van der Waals surface area (Å²) in [7, 11) is 0. The maximum Gasteiger partial charge on any atom is 0.169 e. The van der Waals surface area contributed by atoms with Crippen molar-refractivity contribution in [3.63, 3.8) is 0 Å². The van der Waals surface area contributed by atoms with E-state index in [1.54, 1.807) is 18.2 Å². The summed E-state index contributed by atoms with van der Waals surface area (Å²) >= 11 is 0. The van der Waals surface area contributed by atoms with Crippen molar-refractivity contribution in [2.75, 3.05) is 19.6 Å². The molecule has 20 heavy (non-hydrogen) atoms. The van der Waals surface area contributed by atoms with Gasteiger partial charge in [0.2, 0.25) is 0 Å². The third-order valence-electron chi connectivity index (χ3n) is 4.19. The van der Waals surface area contributed by atoms with Crippen LogP contribution >= 0.6 is 0 Å². The minimum absolute atomic E-state index is 0.0814. The average molecular weight is 277 g/mol. The molecule has 3 heteroatoms. The van der Waals surface area contributed by atoms with Crippen molar-refractivity contribution in [2.24, 2.45) is 11.8 Å². The molecule has 0 saturated carbocycles. The van der Waals surface area contributed by atoms with E-state index in [1.165, 1.54) is 25.3 Å². The Labute approximate surface area is 121 Å². The standard InChI is InChI=1S/C17H24FNO/c1-3-6-14-9-10-19(12-14)11-13(2)17(20)15-7-4-5-8-16(15)18/h4-5,7-8,13-14H,3,6,9-12H2,1-2H3. The Morgan fingerprint density at radius 1 is 1.45 bits per heavy atom. The molecular formula is C17H24FNO. The van der Waals surface area contributed by atoms with E-state index in [0.717, 1.165) is 25.6 Å². The summed E-state index contributed by atoms with van der Waals surface area (Å²) in [5, 5.41) is 0. The number of Topliss-reactive ketones (excluding diaryl/α,β-unsaturated/α-hetero) is 1. The molecule has 2 rings (SSSR count). The maximum atomic E-state index is 13.6. The second kappa shape index (κ2) is 6.98. The van der Waals surface area contributed by atoms with Crippen molar-refractivity contribution < 1.29 is 9.18 Å². The Balaban J connectivity index is 1.91. The summed E-state index contributed by atoms with van der Waals surface area (Å²) < 4.78 is 13.6. The Kier molecular flexibility index (Phi) is 5.30. The van der Waals surface area contributed by atoms with Gasteiger partial charge in [-0.1, -0.05) is 32.4 Å². The van der Waals surface area contributed by atoms with E-state index < -0.39 is 5.82 Å². The molecule has 2 atom stereocenters. The van der Waals surface area contributed by atoms with Crippen LogP contribution in [0.15, 0.2) is 24.3 Å². The molecule has 2 unspecified atom stereocenters. The van der Waals surface area contributed by atoms with Gasteiger partial charge in [0.1, 0.15) is 5.82 Å². The molecule has 1 aliphatic heterocycles. The number of ketones is 1. The highest BCUT2D eigenvalue weighted by molar-refractivity contribution is 5.98. The Morgan fingerprint density at radius 2 is 2.20 bits per heavy atom. The number of likely N-dealkylation sites (tertiary alicyclic amines) is 1. The third-order valence-corrected chi connectivity index (χ3v) is 4.19. The van der Waals surface area contributed by atoms with Gasteiger partial charge in [0.25, 0.3) is 0 Å². The van der Waals surface area contributed by atoms with Gasteiger partial charge in [0.05, 0.1) is 5.56 Å². The topological polar surface area (TPSA) is 20.3 Å². The molecule has 0 aliphatic carbocycles. The van der Waals surface area contributed by atoms with Crippen LogP contribution in [0.25, 0.3) is 0 Å². The highest BCUT2D eigenvalue weighted by Gasteiger charge is 2.26. The molecule has 0 amide bonds. The van der Waals surface area contributed by atoms with E-state index in [-0.39, 0.29) is 17.3 Å². The fourth-order valence-electron chi connectivity index (χ4n) is 3.12. The summed E-state index contributed by atoms with van der Waals surface area (Å²) in [5.41, 5.74) is 0.226. The van der Waals surface area contributed by atoms with Crippen LogP contribution in [0.1, 0.15) is 43.5 Å². The minimum atomic E-state index is -0.408. The predicted molar refractivity (Wildman–Crippen MR) is 79.3 cm³/mol. The van der Waals surface area contributed by atoms with Crippen LogP contribution in [-0.4, -0.2) is 30.3 Å². The minimum Gasteiger partial charge on any atom is -0.302 e. The van der Waals surface area contributed by atoms with Gasteiger partial charge in [-0.2, -0.15) is 0 Å². The zero-order chi connectivity index (χ0) is 14.5. The third kappa shape index (κ3) is 3.66. The monoisotopic (exact) mass is 277 g/mol. The van der Waals surface area contributed by atoms with Gasteiger partial charge in [0, 0.05) is 19.0 Å². The first kappa shape index (κ1) is 15.2. The summed E-state index contributed by atoms with van der Waals surface area (Å²) in [5.74, 6) is 0.139. The highest BCUT2D eigenvalue weighted by Crippen LogP contribution is 2.22. The van der Waals surface area contributed by atoms with Crippen molar-refractivity contribution in [1.29, 1.82) is 0 Å². The number of rotatable bonds is 6. The molecule has 1 aromatic carbocycles. The van der Waals surface area contributed by atoms with Crippen LogP contribution in [0.3, 0.4) is 0 Å². The van der Waals surface area contributed by atoms with Crippen molar-refractivity contribution in [2.45, 2.75) is 33.1 Å². The van der Waals surface area contributed by atoms with Crippen molar-refractivity contribution in [3.8, 4) is 0 Å². The predicted octanol–water partition coefficient (Wildman–Crippen LogP) is 3.77. The maximum absolute atomic E-state index is 13.6. The SMILES string of the molecule is CCCC1CCN(CC(C)C(=O)c2ccccc2F)C1. The average Bonchev–Trinajstić information content (AvgIpc) is 2.86. The molecule has 0 bridgehead atoms. The van der Waals surface area contributed by atoms with Gasteiger partial charge in [-0.3, -0.25) is 4.79 Å². The van der Waals surface area contributed by atoms with Gasteiger partial charge in [-0.25, -0.2) is 4.39 Å². The smallest absolute Gasteiger partial charge is 0.169 e. The van der Waals surface area contributed by atoms with E-state index in [1.807, 2.05) is 6.92 Å². The largest absolute Gasteiger partial charge is 0.302 e. The summed E-state index contributed by atoms with van der Waals surface area (Å²) in [4.78, 5) is 14.6. The number of nitrogens with zero attached hydrogens (tertiary/aromatic N) is 1. The Morgan fingerprint density at radius 3 is 2.90 bits per heavy atom. The first-order valence-electron chi connectivity index (χ1n) is 7.63. The zero-order valence-electron chi connectivity index (χ0n) is 12.4. The van der Waals surface area contributed by atoms with E-state index in [0.29, 0.717) is 0 Å². The first-order chi connectivity index (χ1) is 9.61. The second-order valence-corrected chi connectivity index (χ2v) is 5.95. The lowest BCUT2D eigenvalue weighted by Gasteiger charge is -2.20. The molecule has 0 spiro atoms. The molecule has 1 fully saturated rings. The van der Waals surface area contributed by atoms with Gasteiger partial charge in [-0.15, -0.1) is 0 Å². The van der Waals surface area contributed by atoms with Crippen molar-refractivity contribution in [3.05, 3.63) is 35.6 Å². The van der Waals surface area contributed by atoms with Crippen molar-refractivity contribution >= 4 is 5.78 Å². The molecule has 1 heterocycles. The molecule has 2 nitrogen and oxygen atoms in total. The normalized spacial score (nSPS) is 21.1. The molecule has 0 aromatic heterocycles. The van der Waals surface area contributed by atoms with Crippen LogP contribution in [-0.2, 0) is 0 Å². The highest BCUT2D eigenvalue weighted by atomic mass is 19.1. The fraction of sp³-hybridized carbons (Fsp3) is 0.588. The van der Waals surface area contributed by atoms with Crippen LogP contribution in [0.4, 0.5) is 4.39 Å². The van der Waals surface area contributed by atoms with E-state index >= 15 is 0 Å². The molecular weight excluding hydrogens is 253 g/mol. The number of halogens is 1. The Bertz CT molecular complexity index is 460. The number of carbonyl (C=O) groups is 1. The van der Waals surface area contributed by atoms with Crippen LogP contribution < -0.4 is 0 Å². The number of hydrogen-bond acceptors (Lipinski definition) is 2. The number of carbonyl (C=O) groups excluding carboxylic acids is 1. The molecule has 0 N–H and O–H groups in total. The molecule has 1 aromatic rings. The summed E-state index contributed by atoms with van der Waals surface area (Å²) in [6, 6.07) is 6.27. The van der Waals surface area contributed by atoms with Crippen LogP contribution in [0, 0.1) is 17.7 Å². The number of hydrogen-bond donors (Lipinski definition) is 0. The molecule has 1 aliphatic rings. The van der Waals surface area contributed by atoms with Crippen LogP contribution in [0.2, 0.25) is 0 Å².